The second kappa shape index (κ2) is 6.02. The largest absolute Gasteiger partial charge is 0.494 e. The van der Waals surface area contributed by atoms with Gasteiger partial charge >= 0.3 is 0 Å². The fourth-order valence-corrected chi connectivity index (χ4v) is 1.87. The molecule has 0 heterocycles. The Morgan fingerprint density at radius 2 is 2.11 bits per heavy atom. The molecule has 1 amide bonds. The number of halogens is 1. The van der Waals surface area contributed by atoms with Crippen LogP contribution in [0.15, 0.2) is 18.2 Å². The van der Waals surface area contributed by atoms with Crippen molar-refractivity contribution in [2.75, 3.05) is 7.11 Å². The van der Waals surface area contributed by atoms with Crippen LogP contribution >= 0.6 is 0 Å². The summed E-state index contributed by atoms with van der Waals surface area (Å²) in [6.45, 7) is 6.13. The minimum Gasteiger partial charge on any atom is -0.494 e. The number of rotatable bonds is 5. The van der Waals surface area contributed by atoms with Crippen LogP contribution in [0.2, 0.25) is 0 Å². The SMILES string of the molecule is COc1ccc(CNC(C(N)=O)C(C)(C)C)cc1F. The van der Waals surface area contributed by atoms with Gasteiger partial charge in [0.2, 0.25) is 5.91 Å². The number of nitrogens with one attached hydrogen (secondary N) is 1. The standard InChI is InChI=1S/C14H21FN2O2/c1-14(2,3)12(13(16)18)17-8-9-5-6-11(19-4)10(15)7-9/h5-7,12,17H,8H2,1-4H3,(H2,16,18). The van der Waals surface area contributed by atoms with Crippen molar-refractivity contribution in [3.63, 3.8) is 0 Å². The van der Waals surface area contributed by atoms with Crippen LogP contribution in [0.4, 0.5) is 4.39 Å². The molecule has 0 aromatic heterocycles. The lowest BCUT2D eigenvalue weighted by atomic mass is 9.86. The molecule has 5 heteroatoms. The Morgan fingerprint density at radius 1 is 1.47 bits per heavy atom. The maximum atomic E-state index is 13.5. The smallest absolute Gasteiger partial charge is 0.235 e. The van der Waals surface area contributed by atoms with E-state index in [4.69, 9.17) is 10.5 Å². The van der Waals surface area contributed by atoms with Crippen molar-refractivity contribution >= 4 is 5.91 Å². The fraction of sp³-hybridized carbons (Fsp3) is 0.500. The summed E-state index contributed by atoms with van der Waals surface area (Å²) in [6, 6.07) is 4.21. The van der Waals surface area contributed by atoms with E-state index in [2.05, 4.69) is 5.32 Å². The number of hydrogen-bond acceptors (Lipinski definition) is 3. The highest BCUT2D eigenvalue weighted by atomic mass is 19.1. The van der Waals surface area contributed by atoms with Crippen molar-refractivity contribution < 1.29 is 13.9 Å². The lowest BCUT2D eigenvalue weighted by molar-refractivity contribution is -0.122. The van der Waals surface area contributed by atoms with Gasteiger partial charge in [-0.15, -0.1) is 0 Å². The molecule has 0 aliphatic carbocycles. The maximum absolute atomic E-state index is 13.5. The van der Waals surface area contributed by atoms with Gasteiger partial charge in [0, 0.05) is 6.54 Å². The summed E-state index contributed by atoms with van der Waals surface area (Å²) < 4.78 is 18.4. The molecule has 19 heavy (non-hydrogen) atoms. The molecule has 0 aliphatic rings. The van der Waals surface area contributed by atoms with Gasteiger partial charge in [0.1, 0.15) is 0 Å². The van der Waals surface area contributed by atoms with E-state index in [0.717, 1.165) is 5.56 Å². The molecule has 1 aromatic carbocycles. The van der Waals surface area contributed by atoms with Gasteiger partial charge in [0.05, 0.1) is 13.2 Å². The number of carbonyl (C=O) groups excluding carboxylic acids is 1. The molecule has 1 unspecified atom stereocenters. The van der Waals surface area contributed by atoms with Crippen LogP contribution in [0.1, 0.15) is 26.3 Å². The fourth-order valence-electron chi connectivity index (χ4n) is 1.87. The number of methoxy groups -OCH3 is 1. The minimum absolute atomic E-state index is 0.200. The zero-order chi connectivity index (χ0) is 14.6. The highest BCUT2D eigenvalue weighted by Gasteiger charge is 2.28. The third-order valence-corrected chi connectivity index (χ3v) is 2.88. The van der Waals surface area contributed by atoms with Crippen LogP contribution in [-0.2, 0) is 11.3 Å². The summed E-state index contributed by atoms with van der Waals surface area (Å²) in [5.74, 6) is -0.638. The van der Waals surface area contributed by atoms with Gasteiger partial charge in [-0.25, -0.2) is 4.39 Å². The highest BCUT2D eigenvalue weighted by Crippen LogP contribution is 2.21. The lowest BCUT2D eigenvalue weighted by Crippen LogP contribution is -2.49. The lowest BCUT2D eigenvalue weighted by Gasteiger charge is -2.28. The van der Waals surface area contributed by atoms with Crippen molar-refractivity contribution in [1.82, 2.24) is 5.32 Å². The van der Waals surface area contributed by atoms with Crippen molar-refractivity contribution in [2.45, 2.75) is 33.4 Å². The molecule has 4 nitrogen and oxygen atoms in total. The van der Waals surface area contributed by atoms with Gasteiger partial charge in [-0.1, -0.05) is 26.8 Å². The predicted octanol–water partition coefficient (Wildman–Crippen LogP) is 1.82. The van der Waals surface area contributed by atoms with Crippen molar-refractivity contribution in [3.8, 4) is 5.75 Å². The molecule has 0 radical (unpaired) electrons. The number of ether oxygens (including phenoxy) is 1. The van der Waals surface area contributed by atoms with E-state index in [-0.39, 0.29) is 11.2 Å². The van der Waals surface area contributed by atoms with Crippen molar-refractivity contribution in [1.29, 1.82) is 0 Å². The number of benzene rings is 1. The molecule has 3 N–H and O–H groups in total. The van der Waals surface area contributed by atoms with Crippen molar-refractivity contribution in [3.05, 3.63) is 29.6 Å². The van der Waals surface area contributed by atoms with E-state index in [1.807, 2.05) is 20.8 Å². The Labute approximate surface area is 113 Å². The average molecular weight is 268 g/mol. The second-order valence-electron chi connectivity index (χ2n) is 5.55. The first-order chi connectivity index (χ1) is 8.75. The molecule has 0 bridgehead atoms. The Kier molecular flexibility index (Phi) is 4.89. The number of hydrogen-bond donors (Lipinski definition) is 2. The van der Waals surface area contributed by atoms with Crippen LogP contribution < -0.4 is 15.8 Å². The number of primary amides is 1. The van der Waals surface area contributed by atoms with E-state index < -0.39 is 17.8 Å². The first-order valence-electron chi connectivity index (χ1n) is 6.11. The molecule has 0 fully saturated rings. The quantitative estimate of drug-likeness (QED) is 0.856. The predicted molar refractivity (Wildman–Crippen MR) is 72.2 cm³/mol. The molecule has 0 aliphatic heterocycles. The van der Waals surface area contributed by atoms with Gasteiger partial charge in [-0.3, -0.25) is 4.79 Å². The monoisotopic (exact) mass is 268 g/mol. The maximum Gasteiger partial charge on any atom is 0.235 e. The van der Waals surface area contributed by atoms with Crippen LogP contribution in [0.5, 0.6) is 5.75 Å². The summed E-state index contributed by atoms with van der Waals surface area (Å²) in [5, 5.41) is 3.06. The van der Waals surface area contributed by atoms with Crippen LogP contribution in [0.25, 0.3) is 0 Å². The summed E-state index contributed by atoms with van der Waals surface area (Å²) in [5.41, 5.74) is 5.80. The molecule has 0 spiro atoms. The summed E-state index contributed by atoms with van der Waals surface area (Å²) in [6.07, 6.45) is 0. The Balaban J connectivity index is 2.75. The van der Waals surface area contributed by atoms with Crippen LogP contribution in [0, 0.1) is 11.2 Å². The van der Waals surface area contributed by atoms with Gasteiger partial charge < -0.3 is 15.8 Å². The first-order valence-corrected chi connectivity index (χ1v) is 6.11. The molecule has 1 rings (SSSR count). The molecular weight excluding hydrogens is 247 g/mol. The summed E-state index contributed by atoms with van der Waals surface area (Å²) in [7, 11) is 1.42. The molecule has 106 valence electrons. The minimum atomic E-state index is -0.474. The third-order valence-electron chi connectivity index (χ3n) is 2.88. The Hall–Kier alpha value is -1.62. The van der Waals surface area contributed by atoms with Crippen LogP contribution in [-0.4, -0.2) is 19.1 Å². The number of nitrogens with two attached hydrogens (primary N) is 1. The van der Waals surface area contributed by atoms with Gasteiger partial charge in [-0.05, 0) is 23.1 Å². The highest BCUT2D eigenvalue weighted by molar-refractivity contribution is 5.80. The number of carbonyl (C=O) groups is 1. The normalized spacial score (nSPS) is 13.1. The zero-order valence-corrected chi connectivity index (χ0v) is 11.8. The molecule has 1 aromatic rings. The second-order valence-corrected chi connectivity index (χ2v) is 5.55. The summed E-state index contributed by atoms with van der Waals surface area (Å²) >= 11 is 0. The van der Waals surface area contributed by atoms with E-state index in [1.54, 1.807) is 12.1 Å². The molecule has 0 saturated heterocycles. The number of amides is 1. The Morgan fingerprint density at radius 3 is 2.53 bits per heavy atom. The van der Waals surface area contributed by atoms with Gasteiger partial charge in [0.15, 0.2) is 11.6 Å². The van der Waals surface area contributed by atoms with Crippen LogP contribution in [0.3, 0.4) is 0 Å². The van der Waals surface area contributed by atoms with E-state index in [1.165, 1.54) is 13.2 Å². The third kappa shape index (κ3) is 4.21. The molecule has 0 saturated carbocycles. The molecular formula is C14H21FN2O2. The van der Waals surface area contributed by atoms with Gasteiger partial charge in [0.25, 0.3) is 0 Å². The Bertz CT molecular complexity index is 455. The average Bonchev–Trinajstić information content (AvgIpc) is 2.27. The topological polar surface area (TPSA) is 64.3 Å². The van der Waals surface area contributed by atoms with E-state index >= 15 is 0 Å². The zero-order valence-electron chi connectivity index (χ0n) is 11.8. The van der Waals surface area contributed by atoms with Crippen molar-refractivity contribution in [2.24, 2.45) is 11.1 Å². The molecule has 1 atom stereocenters. The van der Waals surface area contributed by atoms with E-state index in [0.29, 0.717) is 6.54 Å². The summed E-state index contributed by atoms with van der Waals surface area (Å²) in [4.78, 5) is 11.4. The van der Waals surface area contributed by atoms with E-state index in [9.17, 15) is 9.18 Å². The first kappa shape index (κ1) is 15.4. The van der Waals surface area contributed by atoms with Gasteiger partial charge in [-0.2, -0.15) is 0 Å².